The zero-order valence-corrected chi connectivity index (χ0v) is 19.3. The molecule has 0 radical (unpaired) electrons. The highest BCUT2D eigenvalue weighted by atomic mass is 16.5. The van der Waals surface area contributed by atoms with Crippen LogP contribution in [0.5, 0.6) is 11.5 Å². The van der Waals surface area contributed by atoms with Crippen LogP contribution in [0.3, 0.4) is 0 Å². The second-order valence-electron chi connectivity index (χ2n) is 10.3. The molecular weight excluding hydrogens is 378 g/mol. The molecule has 1 unspecified atom stereocenters. The summed E-state index contributed by atoms with van der Waals surface area (Å²) in [6.07, 6.45) is 3.39. The Labute approximate surface area is 180 Å². The van der Waals surface area contributed by atoms with E-state index in [1.807, 2.05) is 26.8 Å². The lowest BCUT2D eigenvalue weighted by Gasteiger charge is -2.53. The van der Waals surface area contributed by atoms with E-state index in [0.29, 0.717) is 18.4 Å². The molecule has 30 heavy (non-hydrogen) atoms. The first-order valence-electron chi connectivity index (χ1n) is 11.5. The molecule has 166 valence electrons. The second-order valence-corrected chi connectivity index (χ2v) is 10.3. The smallest absolute Gasteiger partial charge is 0.222 e. The van der Waals surface area contributed by atoms with Gasteiger partial charge >= 0.3 is 0 Å². The van der Waals surface area contributed by atoms with Crippen molar-refractivity contribution >= 4 is 5.91 Å². The molecule has 0 aromatic heterocycles. The van der Waals surface area contributed by atoms with Gasteiger partial charge in [0.15, 0.2) is 11.5 Å². The summed E-state index contributed by atoms with van der Waals surface area (Å²) in [4.78, 5) is 12.7. The van der Waals surface area contributed by atoms with Gasteiger partial charge in [-0.1, -0.05) is 33.8 Å². The van der Waals surface area contributed by atoms with Gasteiger partial charge < -0.3 is 19.5 Å². The molecule has 1 heterocycles. The normalized spacial score (nSPS) is 34.0. The number of nitrogens with one attached hydrogen (secondary N) is 1. The maximum absolute atomic E-state index is 12.7. The molecule has 5 nitrogen and oxygen atoms in total. The Hall–Kier alpha value is -1.75. The first kappa shape index (κ1) is 21.5. The fourth-order valence-corrected chi connectivity index (χ4v) is 6.56. The van der Waals surface area contributed by atoms with Crippen molar-refractivity contribution in [3.63, 3.8) is 0 Å². The van der Waals surface area contributed by atoms with Crippen LogP contribution in [0.2, 0.25) is 0 Å². The number of fused-ring (bicyclic) bond motifs is 1. The van der Waals surface area contributed by atoms with Gasteiger partial charge in [0.2, 0.25) is 5.91 Å². The highest BCUT2D eigenvalue weighted by Crippen LogP contribution is 2.70. The van der Waals surface area contributed by atoms with Crippen LogP contribution in [-0.2, 0) is 9.53 Å². The molecule has 1 amide bonds. The molecule has 2 saturated carbocycles. The standard InChI is InChI=1S/C25H37NO4/c1-7-29-19-9-8-16(12-20(19)28-6)21-18-13-17-14-25(18,10-11-30-21)23(24(17,4)5)26-22(27)15(2)3/h8-9,12,15,17-18,21,23H,7,10-11,13-14H2,1-6H3,(H,26,27)/t17-,18-,21-,23-,25?/m1/s1. The molecule has 1 aliphatic heterocycles. The predicted octanol–water partition coefficient (Wildman–Crippen LogP) is 4.75. The summed E-state index contributed by atoms with van der Waals surface area (Å²) in [5.41, 5.74) is 1.37. The van der Waals surface area contributed by atoms with E-state index in [9.17, 15) is 4.79 Å². The molecule has 2 bridgehead atoms. The highest BCUT2D eigenvalue weighted by molar-refractivity contribution is 5.78. The van der Waals surface area contributed by atoms with Crippen LogP contribution in [0.25, 0.3) is 0 Å². The lowest BCUT2D eigenvalue weighted by molar-refractivity contribution is -0.139. The largest absolute Gasteiger partial charge is 0.493 e. The van der Waals surface area contributed by atoms with Gasteiger partial charge in [-0.3, -0.25) is 4.79 Å². The minimum atomic E-state index is 0.000727. The van der Waals surface area contributed by atoms with Crippen LogP contribution in [0.1, 0.15) is 65.5 Å². The van der Waals surface area contributed by atoms with Crippen molar-refractivity contribution in [3.8, 4) is 11.5 Å². The molecular formula is C25H37NO4. The average Bonchev–Trinajstić information content (AvgIpc) is 3.20. The maximum atomic E-state index is 12.7. The van der Waals surface area contributed by atoms with Gasteiger partial charge in [-0.25, -0.2) is 0 Å². The van der Waals surface area contributed by atoms with Crippen molar-refractivity contribution in [1.82, 2.24) is 5.32 Å². The summed E-state index contributed by atoms with van der Waals surface area (Å²) in [7, 11) is 1.68. The third kappa shape index (κ3) is 3.21. The van der Waals surface area contributed by atoms with Gasteiger partial charge in [0.1, 0.15) is 0 Å². The van der Waals surface area contributed by atoms with Gasteiger partial charge in [0, 0.05) is 18.6 Å². The monoisotopic (exact) mass is 415 g/mol. The van der Waals surface area contributed by atoms with Crippen LogP contribution in [0, 0.1) is 28.6 Å². The highest BCUT2D eigenvalue weighted by Gasteiger charge is 2.68. The van der Waals surface area contributed by atoms with E-state index in [4.69, 9.17) is 14.2 Å². The van der Waals surface area contributed by atoms with Crippen LogP contribution < -0.4 is 14.8 Å². The summed E-state index contributed by atoms with van der Waals surface area (Å²) < 4.78 is 17.7. The van der Waals surface area contributed by atoms with Crippen LogP contribution in [0.4, 0.5) is 0 Å². The lowest BCUT2D eigenvalue weighted by atomic mass is 9.58. The Kier molecular flexibility index (Phi) is 5.54. The first-order valence-corrected chi connectivity index (χ1v) is 11.5. The Bertz CT molecular complexity index is 804. The number of methoxy groups -OCH3 is 1. The minimum absolute atomic E-state index is 0.000727. The Morgan fingerprint density at radius 3 is 2.73 bits per heavy atom. The van der Waals surface area contributed by atoms with E-state index >= 15 is 0 Å². The number of amides is 1. The van der Waals surface area contributed by atoms with E-state index in [-0.39, 0.29) is 34.8 Å². The number of carbonyl (C=O) groups is 1. The molecule has 1 aromatic rings. The number of hydrogen-bond donors (Lipinski definition) is 1. The second kappa shape index (κ2) is 7.74. The molecule has 5 heteroatoms. The van der Waals surface area contributed by atoms with Crippen molar-refractivity contribution in [1.29, 1.82) is 0 Å². The Morgan fingerprint density at radius 1 is 1.30 bits per heavy atom. The predicted molar refractivity (Wildman–Crippen MR) is 117 cm³/mol. The van der Waals surface area contributed by atoms with E-state index in [1.165, 1.54) is 6.42 Å². The molecule has 3 fully saturated rings. The van der Waals surface area contributed by atoms with Gasteiger partial charge in [-0.15, -0.1) is 0 Å². The fourth-order valence-electron chi connectivity index (χ4n) is 6.56. The van der Waals surface area contributed by atoms with Gasteiger partial charge in [-0.05, 0) is 66.5 Å². The van der Waals surface area contributed by atoms with E-state index < -0.39 is 0 Å². The molecule has 1 N–H and O–H groups in total. The summed E-state index contributed by atoms with van der Waals surface area (Å²) in [5.74, 6) is 2.70. The number of hydrogen-bond acceptors (Lipinski definition) is 4. The van der Waals surface area contributed by atoms with Crippen molar-refractivity contribution < 1.29 is 19.0 Å². The number of carbonyl (C=O) groups excluding carboxylic acids is 1. The van der Waals surface area contributed by atoms with Gasteiger partial charge in [0.05, 0.1) is 19.8 Å². The number of ether oxygens (including phenoxy) is 3. The Morgan fingerprint density at radius 2 is 2.07 bits per heavy atom. The SMILES string of the molecule is CCOc1ccc([C@H]2OCCC34C[C@@H](C[C@H]23)C(C)(C)[C@H]4NC(=O)C(C)C)cc1OC. The molecule has 1 spiro atoms. The fraction of sp³-hybridized carbons (Fsp3) is 0.720. The lowest BCUT2D eigenvalue weighted by Crippen LogP contribution is -2.59. The molecule has 1 aromatic carbocycles. The third-order valence-corrected chi connectivity index (χ3v) is 8.13. The summed E-state index contributed by atoms with van der Waals surface area (Å²) in [6, 6.07) is 6.39. The van der Waals surface area contributed by atoms with E-state index in [1.54, 1.807) is 7.11 Å². The third-order valence-electron chi connectivity index (χ3n) is 8.13. The van der Waals surface area contributed by atoms with Crippen molar-refractivity contribution in [2.75, 3.05) is 20.3 Å². The van der Waals surface area contributed by atoms with Gasteiger partial charge in [0.25, 0.3) is 0 Å². The first-order chi connectivity index (χ1) is 14.2. The van der Waals surface area contributed by atoms with Crippen LogP contribution in [0.15, 0.2) is 18.2 Å². The molecule has 3 aliphatic rings. The Balaban J connectivity index is 1.67. The molecule has 2 aliphatic carbocycles. The zero-order valence-electron chi connectivity index (χ0n) is 19.3. The maximum Gasteiger partial charge on any atom is 0.222 e. The topological polar surface area (TPSA) is 56.8 Å². The van der Waals surface area contributed by atoms with Crippen molar-refractivity contribution in [2.24, 2.45) is 28.6 Å². The van der Waals surface area contributed by atoms with Crippen molar-refractivity contribution in [3.05, 3.63) is 23.8 Å². The van der Waals surface area contributed by atoms with E-state index in [2.05, 4.69) is 31.3 Å². The quantitative estimate of drug-likeness (QED) is 0.729. The number of benzene rings is 1. The molecule has 4 rings (SSSR count). The number of rotatable bonds is 6. The average molecular weight is 416 g/mol. The van der Waals surface area contributed by atoms with E-state index in [0.717, 1.165) is 36.5 Å². The summed E-state index contributed by atoms with van der Waals surface area (Å²) >= 11 is 0. The van der Waals surface area contributed by atoms with Crippen LogP contribution >= 0.6 is 0 Å². The van der Waals surface area contributed by atoms with Crippen molar-refractivity contribution in [2.45, 2.75) is 66.0 Å². The van der Waals surface area contributed by atoms with Crippen LogP contribution in [-0.4, -0.2) is 32.3 Å². The zero-order chi connectivity index (χ0) is 21.7. The summed E-state index contributed by atoms with van der Waals surface area (Å²) in [6.45, 7) is 12.0. The molecule has 5 atom stereocenters. The molecule has 1 saturated heterocycles. The minimum Gasteiger partial charge on any atom is -0.493 e. The van der Waals surface area contributed by atoms with Gasteiger partial charge in [-0.2, -0.15) is 0 Å². The summed E-state index contributed by atoms with van der Waals surface area (Å²) in [5, 5.41) is 3.47.